The van der Waals surface area contributed by atoms with Crippen LogP contribution in [0.4, 0.5) is 34.1 Å². The second-order valence-electron chi connectivity index (χ2n) is 16.9. The van der Waals surface area contributed by atoms with Crippen molar-refractivity contribution in [3.63, 3.8) is 0 Å². The van der Waals surface area contributed by atoms with Gasteiger partial charge in [0.15, 0.2) is 0 Å². The summed E-state index contributed by atoms with van der Waals surface area (Å²) in [5, 5.41) is 0. The van der Waals surface area contributed by atoms with E-state index >= 15 is 0 Å². The van der Waals surface area contributed by atoms with Crippen LogP contribution in [-0.2, 0) is 31.1 Å². The van der Waals surface area contributed by atoms with E-state index in [1.165, 1.54) is 127 Å². The predicted molar refractivity (Wildman–Crippen MR) is 245 cm³/mol. The molecule has 0 atom stereocenters. The van der Waals surface area contributed by atoms with E-state index in [9.17, 15) is 0 Å². The van der Waals surface area contributed by atoms with Gasteiger partial charge in [0.05, 0.1) is 5.41 Å². The SMILES string of the molecule is c1ccc(N(c2ccc3c(c2)C2(c4ccccc4-c4ccccc42)c2cc(N(c4ccccc4)c4cccc5c4CCCC5)ccc2-3)c2cccc3c2CCCC3)cc1. The van der Waals surface area contributed by atoms with Crippen molar-refractivity contribution in [3.8, 4) is 22.3 Å². The maximum Gasteiger partial charge on any atom is 0.0727 e. The largest absolute Gasteiger partial charge is 0.310 e. The van der Waals surface area contributed by atoms with Gasteiger partial charge in [0.25, 0.3) is 0 Å². The number of hydrogen-bond donors (Lipinski definition) is 0. The van der Waals surface area contributed by atoms with Gasteiger partial charge in [-0.15, -0.1) is 0 Å². The molecule has 0 aliphatic heterocycles. The maximum atomic E-state index is 2.55. The molecule has 2 heteroatoms. The van der Waals surface area contributed by atoms with E-state index < -0.39 is 5.41 Å². The molecule has 59 heavy (non-hydrogen) atoms. The molecule has 0 saturated heterocycles. The molecule has 8 aromatic carbocycles. The molecule has 0 N–H and O–H groups in total. The third-order valence-electron chi connectivity index (χ3n) is 13.8. The van der Waals surface area contributed by atoms with Gasteiger partial charge in [0, 0.05) is 34.1 Å². The minimum atomic E-state index is -0.499. The summed E-state index contributed by atoms with van der Waals surface area (Å²) >= 11 is 0. The van der Waals surface area contributed by atoms with Crippen LogP contribution in [0.2, 0.25) is 0 Å². The summed E-state index contributed by atoms with van der Waals surface area (Å²) in [4.78, 5) is 5.07. The van der Waals surface area contributed by atoms with Crippen LogP contribution in [0, 0.1) is 0 Å². The van der Waals surface area contributed by atoms with Gasteiger partial charge in [-0.2, -0.15) is 0 Å². The number of rotatable bonds is 6. The Morgan fingerprint density at radius 1 is 0.305 bits per heavy atom. The van der Waals surface area contributed by atoms with Crippen LogP contribution in [0.1, 0.15) is 70.2 Å². The highest BCUT2D eigenvalue weighted by atomic mass is 15.2. The maximum absolute atomic E-state index is 2.55. The highest BCUT2D eigenvalue weighted by Gasteiger charge is 2.52. The third kappa shape index (κ3) is 5.18. The lowest BCUT2D eigenvalue weighted by atomic mass is 9.70. The van der Waals surface area contributed by atoms with E-state index in [1.54, 1.807) is 0 Å². The van der Waals surface area contributed by atoms with Crippen molar-refractivity contribution in [1.29, 1.82) is 0 Å². The van der Waals surface area contributed by atoms with Gasteiger partial charge in [-0.05, 0) is 179 Å². The zero-order valence-corrected chi connectivity index (χ0v) is 33.4. The van der Waals surface area contributed by atoms with Gasteiger partial charge in [-0.1, -0.05) is 121 Å². The van der Waals surface area contributed by atoms with Gasteiger partial charge in [0.2, 0.25) is 0 Å². The Balaban J connectivity index is 1.12. The Hall–Kier alpha value is -6.64. The van der Waals surface area contributed by atoms with E-state index in [2.05, 4.69) is 192 Å². The highest BCUT2D eigenvalue weighted by Crippen LogP contribution is 2.64. The summed E-state index contributed by atoms with van der Waals surface area (Å²) in [6.07, 6.45) is 9.51. The minimum absolute atomic E-state index is 0.499. The molecule has 0 fully saturated rings. The summed E-state index contributed by atoms with van der Waals surface area (Å²) in [6, 6.07) is 69.1. The molecule has 1 spiro atoms. The summed E-state index contributed by atoms with van der Waals surface area (Å²) in [5.41, 5.74) is 23.6. The molecular formula is C57H46N2. The Labute approximate surface area is 348 Å². The first-order valence-corrected chi connectivity index (χ1v) is 21.7. The van der Waals surface area contributed by atoms with E-state index in [1.807, 2.05) is 0 Å². The normalized spacial score (nSPS) is 15.1. The van der Waals surface area contributed by atoms with Crippen molar-refractivity contribution in [1.82, 2.24) is 0 Å². The van der Waals surface area contributed by atoms with Crippen molar-refractivity contribution in [2.24, 2.45) is 0 Å². The summed E-state index contributed by atoms with van der Waals surface area (Å²) in [7, 11) is 0. The molecule has 0 aromatic heterocycles. The molecule has 284 valence electrons. The fourth-order valence-corrected chi connectivity index (χ4v) is 11.3. The van der Waals surface area contributed by atoms with Crippen LogP contribution in [0.15, 0.2) is 182 Å². The highest BCUT2D eigenvalue weighted by molar-refractivity contribution is 5.98. The fourth-order valence-electron chi connectivity index (χ4n) is 11.3. The van der Waals surface area contributed by atoms with E-state index in [0.29, 0.717) is 0 Å². The number of hydrogen-bond acceptors (Lipinski definition) is 2. The average Bonchev–Trinajstić information content (AvgIpc) is 3.77. The first kappa shape index (κ1) is 34.4. The van der Waals surface area contributed by atoms with Crippen LogP contribution in [0.25, 0.3) is 22.3 Å². The summed E-state index contributed by atoms with van der Waals surface area (Å²) in [5.74, 6) is 0. The molecule has 0 saturated carbocycles. The molecule has 4 aliphatic carbocycles. The van der Waals surface area contributed by atoms with Crippen LogP contribution in [0.3, 0.4) is 0 Å². The lowest BCUT2D eigenvalue weighted by Crippen LogP contribution is -2.26. The topological polar surface area (TPSA) is 6.48 Å². The molecule has 12 rings (SSSR count). The number of anilines is 6. The number of aryl methyl sites for hydroxylation is 2. The number of fused-ring (bicyclic) bond motifs is 12. The second-order valence-corrected chi connectivity index (χ2v) is 16.9. The van der Waals surface area contributed by atoms with Crippen molar-refractivity contribution >= 4 is 34.1 Å². The Morgan fingerprint density at radius 3 is 1.19 bits per heavy atom. The monoisotopic (exact) mass is 758 g/mol. The average molecular weight is 759 g/mol. The van der Waals surface area contributed by atoms with Gasteiger partial charge in [0.1, 0.15) is 0 Å². The fraction of sp³-hybridized carbons (Fsp3) is 0.158. The quantitative estimate of drug-likeness (QED) is 0.167. The van der Waals surface area contributed by atoms with Gasteiger partial charge >= 0.3 is 0 Å². The van der Waals surface area contributed by atoms with Gasteiger partial charge < -0.3 is 9.80 Å². The molecular weight excluding hydrogens is 713 g/mol. The first-order chi connectivity index (χ1) is 29.3. The van der Waals surface area contributed by atoms with E-state index in [4.69, 9.17) is 0 Å². The van der Waals surface area contributed by atoms with Crippen LogP contribution >= 0.6 is 0 Å². The van der Waals surface area contributed by atoms with Crippen molar-refractivity contribution in [2.45, 2.75) is 56.8 Å². The number of nitrogens with zero attached hydrogens (tertiary/aromatic N) is 2. The molecule has 0 heterocycles. The first-order valence-electron chi connectivity index (χ1n) is 21.7. The summed E-state index contributed by atoms with van der Waals surface area (Å²) < 4.78 is 0. The Bertz CT molecular complexity index is 2710. The van der Waals surface area contributed by atoms with Gasteiger partial charge in [-0.3, -0.25) is 0 Å². The standard InChI is InChI=1S/C57H46N2/c1-3-21-41(22-4-1)58(55-31-15-19-39-17-7-9-25-45(39)55)43-33-35-49-50-36-34-44(59(42-23-5-2-6-24-42)56-32-16-20-40-18-8-10-26-46(40)56)38-54(50)57(53(49)37-43)51-29-13-11-27-47(51)48-28-12-14-30-52(48)57/h1-6,11-16,19-24,27-38H,7-10,17-18,25-26H2. The molecule has 2 nitrogen and oxygen atoms in total. The smallest absolute Gasteiger partial charge is 0.0727 e. The van der Waals surface area contributed by atoms with Crippen LogP contribution < -0.4 is 9.80 Å². The number of benzene rings is 8. The molecule has 0 radical (unpaired) electrons. The second kappa shape index (κ2) is 13.7. The zero-order chi connectivity index (χ0) is 38.9. The Morgan fingerprint density at radius 2 is 0.712 bits per heavy atom. The van der Waals surface area contributed by atoms with Crippen molar-refractivity contribution < 1.29 is 0 Å². The van der Waals surface area contributed by atoms with E-state index in [-0.39, 0.29) is 0 Å². The third-order valence-corrected chi connectivity index (χ3v) is 13.8. The molecule has 0 unspecified atom stereocenters. The van der Waals surface area contributed by atoms with Crippen LogP contribution in [0.5, 0.6) is 0 Å². The lowest BCUT2D eigenvalue weighted by Gasteiger charge is -2.34. The molecule has 4 aliphatic rings. The number of para-hydroxylation sites is 2. The predicted octanol–water partition coefficient (Wildman–Crippen LogP) is 14.7. The minimum Gasteiger partial charge on any atom is -0.310 e. The van der Waals surface area contributed by atoms with Crippen molar-refractivity contribution in [3.05, 3.63) is 226 Å². The van der Waals surface area contributed by atoms with Gasteiger partial charge in [-0.25, -0.2) is 0 Å². The Kier molecular flexibility index (Phi) is 8.01. The lowest BCUT2D eigenvalue weighted by molar-refractivity contribution is 0.686. The van der Waals surface area contributed by atoms with Crippen LogP contribution in [-0.4, -0.2) is 0 Å². The molecule has 0 amide bonds. The van der Waals surface area contributed by atoms with Crippen molar-refractivity contribution in [2.75, 3.05) is 9.80 Å². The molecule has 8 aromatic rings. The van der Waals surface area contributed by atoms with E-state index in [0.717, 1.165) is 25.7 Å². The zero-order valence-electron chi connectivity index (χ0n) is 33.4. The summed E-state index contributed by atoms with van der Waals surface area (Å²) in [6.45, 7) is 0. The molecule has 0 bridgehead atoms.